The summed E-state index contributed by atoms with van der Waals surface area (Å²) in [7, 11) is 1.54. The van der Waals surface area contributed by atoms with Crippen molar-refractivity contribution in [2.45, 2.75) is 96.8 Å². The summed E-state index contributed by atoms with van der Waals surface area (Å²) >= 11 is 0. The predicted molar refractivity (Wildman–Crippen MR) is 205 cm³/mol. The molecule has 272 valence electrons. The SMILES string of the molecule is C=C(CO)C(=O)Oc1ccc(-c2ccc(-c3ccc(OC(=O)C(=C)COC)cc3C3CCC(C4CCC(CCCC)CC4)CC3)cc2CC)cc1. The van der Waals surface area contributed by atoms with Crippen LogP contribution in [0.4, 0.5) is 0 Å². The number of benzene rings is 3. The fourth-order valence-electron chi connectivity index (χ4n) is 8.24. The molecule has 0 aromatic heterocycles. The van der Waals surface area contributed by atoms with Crippen molar-refractivity contribution in [1.29, 1.82) is 0 Å². The van der Waals surface area contributed by atoms with Gasteiger partial charge in [0, 0.05) is 7.11 Å². The minimum Gasteiger partial charge on any atom is -0.423 e. The van der Waals surface area contributed by atoms with Gasteiger partial charge in [-0.3, -0.25) is 0 Å². The lowest BCUT2D eigenvalue weighted by Crippen LogP contribution is -2.25. The largest absolute Gasteiger partial charge is 0.423 e. The van der Waals surface area contributed by atoms with E-state index in [1.165, 1.54) is 74.5 Å². The Hall–Kier alpha value is -4.00. The molecule has 51 heavy (non-hydrogen) atoms. The smallest absolute Gasteiger partial charge is 0.341 e. The number of ether oxygens (including phenoxy) is 3. The highest BCUT2D eigenvalue weighted by Crippen LogP contribution is 2.47. The fraction of sp³-hybridized carbons (Fsp3) is 0.467. The molecule has 0 unspecified atom stereocenters. The van der Waals surface area contributed by atoms with Gasteiger partial charge >= 0.3 is 11.9 Å². The van der Waals surface area contributed by atoms with Crippen molar-refractivity contribution in [3.05, 3.63) is 96.1 Å². The Labute approximate surface area is 304 Å². The number of methoxy groups -OCH3 is 1. The van der Waals surface area contributed by atoms with E-state index >= 15 is 0 Å². The van der Waals surface area contributed by atoms with Gasteiger partial charge in [0.2, 0.25) is 0 Å². The Morgan fingerprint density at radius 3 is 1.94 bits per heavy atom. The lowest BCUT2D eigenvalue weighted by molar-refractivity contribution is -0.131. The number of hydrogen-bond donors (Lipinski definition) is 1. The maximum absolute atomic E-state index is 12.8. The number of aliphatic hydroxyl groups is 1. The molecular weight excluding hydrogens is 636 g/mol. The number of unbranched alkanes of at least 4 members (excludes halogenated alkanes) is 1. The minimum atomic E-state index is -0.640. The molecular formula is C45H56O6. The molecule has 6 nitrogen and oxygen atoms in total. The van der Waals surface area contributed by atoms with Crippen LogP contribution in [0.3, 0.4) is 0 Å². The molecule has 0 heterocycles. The molecule has 2 fully saturated rings. The van der Waals surface area contributed by atoms with Crippen molar-refractivity contribution in [3.63, 3.8) is 0 Å². The average molecular weight is 693 g/mol. The Balaban J connectivity index is 1.37. The average Bonchev–Trinajstić information content (AvgIpc) is 3.17. The van der Waals surface area contributed by atoms with E-state index in [0.717, 1.165) is 53.7 Å². The molecule has 2 saturated carbocycles. The van der Waals surface area contributed by atoms with E-state index in [1.807, 2.05) is 18.2 Å². The lowest BCUT2D eigenvalue weighted by atomic mass is 9.67. The molecule has 0 spiro atoms. The Bertz CT molecular complexity index is 1650. The first-order chi connectivity index (χ1) is 24.7. The first-order valence-corrected chi connectivity index (χ1v) is 19.0. The summed E-state index contributed by atoms with van der Waals surface area (Å²) in [6, 6.07) is 20.1. The molecule has 0 amide bonds. The van der Waals surface area contributed by atoms with Crippen LogP contribution < -0.4 is 9.47 Å². The number of carbonyl (C=O) groups is 2. The number of hydrogen-bond acceptors (Lipinski definition) is 6. The number of rotatable bonds is 15. The van der Waals surface area contributed by atoms with Gasteiger partial charge in [-0.25, -0.2) is 9.59 Å². The van der Waals surface area contributed by atoms with Gasteiger partial charge in [0.15, 0.2) is 0 Å². The molecule has 3 aromatic carbocycles. The summed E-state index contributed by atoms with van der Waals surface area (Å²) in [6.07, 6.45) is 15.3. The van der Waals surface area contributed by atoms with Gasteiger partial charge in [0.05, 0.1) is 24.4 Å². The van der Waals surface area contributed by atoms with Gasteiger partial charge < -0.3 is 19.3 Å². The van der Waals surface area contributed by atoms with Gasteiger partial charge in [0.25, 0.3) is 0 Å². The molecule has 3 aromatic rings. The third-order valence-corrected chi connectivity index (χ3v) is 11.2. The maximum atomic E-state index is 12.8. The second kappa shape index (κ2) is 18.5. The van der Waals surface area contributed by atoms with E-state index in [-0.39, 0.29) is 17.8 Å². The van der Waals surface area contributed by atoms with Crippen LogP contribution >= 0.6 is 0 Å². The number of carbonyl (C=O) groups excluding carboxylic acids is 2. The molecule has 0 radical (unpaired) electrons. The molecule has 5 rings (SSSR count). The van der Waals surface area contributed by atoms with Crippen molar-refractivity contribution in [2.24, 2.45) is 17.8 Å². The molecule has 2 aliphatic rings. The van der Waals surface area contributed by atoms with E-state index in [1.54, 1.807) is 19.2 Å². The normalized spacial score (nSPS) is 20.4. The monoisotopic (exact) mass is 692 g/mol. The van der Waals surface area contributed by atoms with Gasteiger partial charge in [-0.1, -0.05) is 95.5 Å². The number of aliphatic hydroxyl groups excluding tert-OH is 1. The molecule has 2 aliphatic carbocycles. The topological polar surface area (TPSA) is 82.1 Å². The summed E-state index contributed by atoms with van der Waals surface area (Å²) < 4.78 is 16.3. The summed E-state index contributed by atoms with van der Waals surface area (Å²) in [5.74, 6) is 2.84. The van der Waals surface area contributed by atoms with Crippen molar-refractivity contribution >= 4 is 11.9 Å². The predicted octanol–water partition coefficient (Wildman–Crippen LogP) is 10.4. The van der Waals surface area contributed by atoms with Crippen LogP contribution in [0, 0.1) is 17.8 Å². The fourth-order valence-corrected chi connectivity index (χ4v) is 8.24. The highest BCUT2D eigenvalue weighted by molar-refractivity contribution is 5.90. The Kier molecular flexibility index (Phi) is 13.9. The third kappa shape index (κ3) is 9.87. The van der Waals surface area contributed by atoms with Crippen molar-refractivity contribution in [2.75, 3.05) is 20.3 Å². The number of esters is 2. The van der Waals surface area contributed by atoms with E-state index in [0.29, 0.717) is 17.4 Å². The van der Waals surface area contributed by atoms with Crippen LogP contribution in [0.25, 0.3) is 22.3 Å². The maximum Gasteiger partial charge on any atom is 0.341 e. The second-order valence-corrected chi connectivity index (χ2v) is 14.6. The van der Waals surface area contributed by atoms with Crippen LogP contribution in [0.1, 0.15) is 102 Å². The van der Waals surface area contributed by atoms with Crippen molar-refractivity contribution in [1.82, 2.24) is 0 Å². The first-order valence-electron chi connectivity index (χ1n) is 19.0. The van der Waals surface area contributed by atoms with E-state index < -0.39 is 18.5 Å². The molecule has 0 atom stereocenters. The minimum absolute atomic E-state index is 0.0122. The van der Waals surface area contributed by atoms with Gasteiger partial charge in [-0.15, -0.1) is 0 Å². The third-order valence-electron chi connectivity index (χ3n) is 11.2. The van der Waals surface area contributed by atoms with Crippen molar-refractivity contribution < 1.29 is 28.9 Å². The Morgan fingerprint density at radius 1 is 0.725 bits per heavy atom. The van der Waals surface area contributed by atoms with Crippen LogP contribution in [0.2, 0.25) is 0 Å². The van der Waals surface area contributed by atoms with Gasteiger partial charge in [0.1, 0.15) is 11.5 Å². The van der Waals surface area contributed by atoms with Gasteiger partial charge in [-0.05, 0) is 126 Å². The Morgan fingerprint density at radius 2 is 1.31 bits per heavy atom. The lowest BCUT2D eigenvalue weighted by Gasteiger charge is -2.38. The summed E-state index contributed by atoms with van der Waals surface area (Å²) in [4.78, 5) is 24.8. The van der Waals surface area contributed by atoms with E-state index in [4.69, 9.17) is 14.2 Å². The zero-order valence-electron chi connectivity index (χ0n) is 30.9. The molecule has 0 saturated heterocycles. The first kappa shape index (κ1) is 38.2. The van der Waals surface area contributed by atoms with Crippen molar-refractivity contribution in [3.8, 4) is 33.8 Å². The standard InChI is InChI=1S/C45H56O6/c1-6-8-9-32-10-12-34(13-11-32)35-14-16-37(17-15-35)43-27-40(51-45(48)31(4)29-49-5)23-25-42(43)38-20-24-41(33(7-2)26-38)36-18-21-39(22-19-36)50-44(47)30(3)28-46/h18-27,32,34-35,37,46H,3-4,6-17,28-29H2,1-2,5H3. The number of aryl methyl sites for hydroxylation is 1. The van der Waals surface area contributed by atoms with E-state index in [9.17, 15) is 14.7 Å². The van der Waals surface area contributed by atoms with Crippen LogP contribution in [-0.2, 0) is 20.7 Å². The summed E-state index contributed by atoms with van der Waals surface area (Å²) in [5, 5.41) is 9.18. The van der Waals surface area contributed by atoms with E-state index in [2.05, 4.69) is 57.3 Å². The molecule has 0 aliphatic heterocycles. The zero-order valence-corrected chi connectivity index (χ0v) is 30.9. The van der Waals surface area contributed by atoms with Crippen LogP contribution in [0.5, 0.6) is 11.5 Å². The summed E-state index contributed by atoms with van der Waals surface area (Å²) in [5.41, 5.74) is 7.22. The molecule has 0 bridgehead atoms. The highest BCUT2D eigenvalue weighted by Gasteiger charge is 2.32. The van der Waals surface area contributed by atoms with Crippen LogP contribution in [-0.4, -0.2) is 37.4 Å². The summed E-state index contributed by atoms with van der Waals surface area (Å²) in [6.45, 7) is 11.5. The molecule has 1 N–H and O–H groups in total. The van der Waals surface area contributed by atoms with Gasteiger partial charge in [-0.2, -0.15) is 0 Å². The zero-order chi connectivity index (χ0) is 36.3. The molecule has 6 heteroatoms. The second-order valence-electron chi connectivity index (χ2n) is 14.6. The highest BCUT2D eigenvalue weighted by atomic mass is 16.5. The quantitative estimate of drug-likeness (QED) is 0.0970. The van der Waals surface area contributed by atoms with Crippen LogP contribution in [0.15, 0.2) is 85.0 Å².